The van der Waals surface area contributed by atoms with Crippen molar-refractivity contribution in [3.8, 4) is 0 Å². The molecule has 0 aromatic carbocycles. The van der Waals surface area contributed by atoms with Crippen LogP contribution in [-0.2, 0) is 4.79 Å². The van der Waals surface area contributed by atoms with E-state index < -0.39 is 0 Å². The van der Waals surface area contributed by atoms with E-state index in [4.69, 9.17) is 0 Å². The Hall–Kier alpha value is -0.330. The minimum absolute atomic E-state index is 0.506. The molecule has 0 heterocycles. The van der Waals surface area contributed by atoms with E-state index >= 15 is 0 Å². The molecule has 0 aromatic heterocycles. The van der Waals surface area contributed by atoms with Crippen LogP contribution in [0.5, 0.6) is 0 Å². The molecule has 0 aliphatic heterocycles. The van der Waals surface area contributed by atoms with Crippen molar-refractivity contribution in [3.63, 3.8) is 0 Å². The molecule has 1 fully saturated rings. The number of carbonyl (C=O) groups excluding carboxylic acids is 1. The molecule has 0 aromatic rings. The number of hydrogen-bond donors (Lipinski definition) is 0. The average molecular weight is 168 g/mol. The van der Waals surface area contributed by atoms with Gasteiger partial charge in [0, 0.05) is 12.8 Å². The topological polar surface area (TPSA) is 17.1 Å². The quantitative estimate of drug-likeness (QED) is 0.595. The van der Waals surface area contributed by atoms with Crippen LogP contribution in [0.15, 0.2) is 0 Å². The summed E-state index contributed by atoms with van der Waals surface area (Å²) in [6, 6.07) is 0. The van der Waals surface area contributed by atoms with Crippen molar-refractivity contribution in [3.05, 3.63) is 0 Å². The Balaban J connectivity index is 2.13. The summed E-state index contributed by atoms with van der Waals surface area (Å²) in [7, 11) is 0. The van der Waals surface area contributed by atoms with E-state index in [2.05, 4.69) is 13.8 Å². The fourth-order valence-corrected chi connectivity index (χ4v) is 1.63. The molecule has 0 spiro atoms. The van der Waals surface area contributed by atoms with Crippen molar-refractivity contribution in [1.82, 2.24) is 0 Å². The first kappa shape index (κ1) is 9.76. The van der Waals surface area contributed by atoms with E-state index in [1.54, 1.807) is 0 Å². The minimum atomic E-state index is 0.506. The fraction of sp³-hybridized carbons (Fsp3) is 0.909. The van der Waals surface area contributed by atoms with Crippen LogP contribution < -0.4 is 0 Å². The van der Waals surface area contributed by atoms with Crippen molar-refractivity contribution in [2.24, 2.45) is 11.8 Å². The third-order valence-electron chi connectivity index (χ3n) is 2.88. The van der Waals surface area contributed by atoms with Gasteiger partial charge in [0.1, 0.15) is 5.78 Å². The van der Waals surface area contributed by atoms with E-state index in [9.17, 15) is 4.79 Å². The summed E-state index contributed by atoms with van der Waals surface area (Å²) in [5.74, 6) is 1.93. The second-order valence-electron chi connectivity index (χ2n) is 4.07. The van der Waals surface area contributed by atoms with Gasteiger partial charge in [0.15, 0.2) is 0 Å². The van der Waals surface area contributed by atoms with Crippen LogP contribution in [0.4, 0.5) is 0 Å². The van der Waals surface area contributed by atoms with Gasteiger partial charge in [-0.2, -0.15) is 0 Å². The Bertz CT molecular complexity index is 143. The Labute approximate surface area is 75.5 Å². The zero-order valence-electron chi connectivity index (χ0n) is 8.31. The number of rotatable bonds is 6. The van der Waals surface area contributed by atoms with Crippen molar-refractivity contribution >= 4 is 5.78 Å². The summed E-state index contributed by atoms with van der Waals surface area (Å²) in [5.41, 5.74) is 0. The van der Waals surface area contributed by atoms with Gasteiger partial charge in [-0.25, -0.2) is 0 Å². The normalized spacial score (nSPS) is 16.9. The third-order valence-corrected chi connectivity index (χ3v) is 2.88. The second kappa shape index (κ2) is 4.64. The molecule has 1 rings (SSSR count). The lowest BCUT2D eigenvalue weighted by Gasteiger charge is -2.10. The average Bonchev–Trinajstić information content (AvgIpc) is 2.84. The lowest BCUT2D eigenvalue weighted by Crippen LogP contribution is -2.07. The Morgan fingerprint density at radius 2 is 1.92 bits per heavy atom. The van der Waals surface area contributed by atoms with Crippen molar-refractivity contribution < 1.29 is 4.79 Å². The minimum Gasteiger partial charge on any atom is -0.300 e. The Kier molecular flexibility index (Phi) is 3.77. The van der Waals surface area contributed by atoms with Crippen LogP contribution in [0, 0.1) is 11.8 Å². The van der Waals surface area contributed by atoms with Gasteiger partial charge in [0.05, 0.1) is 0 Å². The van der Waals surface area contributed by atoms with Gasteiger partial charge in [-0.05, 0) is 24.7 Å². The summed E-state index contributed by atoms with van der Waals surface area (Å²) in [6.45, 7) is 4.36. The van der Waals surface area contributed by atoms with Crippen molar-refractivity contribution in [2.75, 3.05) is 0 Å². The lowest BCUT2D eigenvalue weighted by molar-refractivity contribution is -0.120. The number of hydrogen-bond acceptors (Lipinski definition) is 1. The molecule has 0 bridgehead atoms. The number of carbonyl (C=O) groups is 1. The smallest absolute Gasteiger partial charge is 0.133 e. The molecule has 0 radical (unpaired) electrons. The summed E-state index contributed by atoms with van der Waals surface area (Å²) in [6.07, 6.45) is 6.63. The fourth-order valence-electron chi connectivity index (χ4n) is 1.63. The molecule has 1 aliphatic carbocycles. The summed E-state index contributed by atoms with van der Waals surface area (Å²) < 4.78 is 0. The van der Waals surface area contributed by atoms with Crippen LogP contribution in [0.2, 0.25) is 0 Å². The monoisotopic (exact) mass is 168 g/mol. The highest BCUT2D eigenvalue weighted by Gasteiger charge is 2.24. The standard InChI is InChI=1S/C11H20O/c1-3-9(4-2)7-11(12)8-10-5-6-10/h9-10H,3-8H2,1-2H3. The Morgan fingerprint density at radius 1 is 1.33 bits per heavy atom. The van der Waals surface area contributed by atoms with Gasteiger partial charge < -0.3 is 0 Å². The van der Waals surface area contributed by atoms with Crippen LogP contribution in [0.1, 0.15) is 52.4 Å². The van der Waals surface area contributed by atoms with Crippen LogP contribution in [-0.4, -0.2) is 5.78 Å². The van der Waals surface area contributed by atoms with Crippen molar-refractivity contribution in [1.29, 1.82) is 0 Å². The molecule has 0 amide bonds. The van der Waals surface area contributed by atoms with E-state index in [0.717, 1.165) is 31.6 Å². The zero-order valence-corrected chi connectivity index (χ0v) is 8.31. The number of ketones is 1. The van der Waals surface area contributed by atoms with Gasteiger partial charge in [-0.3, -0.25) is 4.79 Å². The molecule has 1 saturated carbocycles. The molecule has 1 nitrogen and oxygen atoms in total. The second-order valence-corrected chi connectivity index (χ2v) is 4.07. The summed E-state index contributed by atoms with van der Waals surface area (Å²) in [5, 5.41) is 0. The molecule has 70 valence electrons. The molecule has 1 heteroatoms. The predicted molar refractivity (Wildman–Crippen MR) is 51.0 cm³/mol. The van der Waals surface area contributed by atoms with E-state index in [1.165, 1.54) is 12.8 Å². The SMILES string of the molecule is CCC(CC)CC(=O)CC1CC1. The zero-order chi connectivity index (χ0) is 8.97. The van der Waals surface area contributed by atoms with Gasteiger partial charge >= 0.3 is 0 Å². The van der Waals surface area contributed by atoms with Gasteiger partial charge in [0.25, 0.3) is 0 Å². The highest BCUT2D eigenvalue weighted by atomic mass is 16.1. The first-order valence-electron chi connectivity index (χ1n) is 5.27. The van der Waals surface area contributed by atoms with E-state index in [1.807, 2.05) is 0 Å². The van der Waals surface area contributed by atoms with Gasteiger partial charge in [-0.15, -0.1) is 0 Å². The molecule has 0 atom stereocenters. The molecule has 0 unspecified atom stereocenters. The molecule has 0 saturated heterocycles. The highest BCUT2D eigenvalue weighted by Crippen LogP contribution is 2.33. The highest BCUT2D eigenvalue weighted by molar-refractivity contribution is 5.79. The molecule has 1 aliphatic rings. The maximum Gasteiger partial charge on any atom is 0.133 e. The van der Waals surface area contributed by atoms with E-state index in [-0.39, 0.29) is 0 Å². The maximum atomic E-state index is 11.4. The van der Waals surface area contributed by atoms with E-state index in [0.29, 0.717) is 11.7 Å². The first-order chi connectivity index (χ1) is 5.76. The van der Waals surface area contributed by atoms with Gasteiger partial charge in [-0.1, -0.05) is 26.7 Å². The maximum absolute atomic E-state index is 11.4. The van der Waals surface area contributed by atoms with Crippen LogP contribution in [0.3, 0.4) is 0 Å². The predicted octanol–water partition coefficient (Wildman–Crippen LogP) is 3.18. The molecular formula is C11H20O. The summed E-state index contributed by atoms with van der Waals surface area (Å²) in [4.78, 5) is 11.4. The molecule has 0 N–H and O–H groups in total. The molecule has 12 heavy (non-hydrogen) atoms. The Morgan fingerprint density at radius 3 is 2.33 bits per heavy atom. The lowest BCUT2D eigenvalue weighted by atomic mass is 9.95. The number of Topliss-reactive ketones (excluding diaryl/α,β-unsaturated/α-hetero) is 1. The first-order valence-corrected chi connectivity index (χ1v) is 5.27. The van der Waals surface area contributed by atoms with Crippen molar-refractivity contribution in [2.45, 2.75) is 52.4 Å². The largest absolute Gasteiger partial charge is 0.300 e. The molecular weight excluding hydrogens is 148 g/mol. The van der Waals surface area contributed by atoms with Gasteiger partial charge in [0.2, 0.25) is 0 Å². The summed E-state index contributed by atoms with van der Waals surface area (Å²) >= 11 is 0. The van der Waals surface area contributed by atoms with Crippen LogP contribution in [0.25, 0.3) is 0 Å². The van der Waals surface area contributed by atoms with Crippen LogP contribution >= 0.6 is 0 Å². The third kappa shape index (κ3) is 3.38.